The standard InChI is InChI=1S/C19H22N6O2S2/c1-4-10-25-16(11-27-15-8-6-14(5-2)7-9-15)22-24-19(25)28-12-17(26)20-18-23-21-13(3)29-18/h4,6-9H,1,5,10-12H2,2-3H3,(H,20,23,26). The third-order valence-corrected chi connectivity index (χ3v) is 5.63. The smallest absolute Gasteiger partial charge is 0.236 e. The summed E-state index contributed by atoms with van der Waals surface area (Å²) in [5.41, 5.74) is 1.26. The van der Waals surface area contributed by atoms with E-state index in [4.69, 9.17) is 4.74 Å². The summed E-state index contributed by atoms with van der Waals surface area (Å²) >= 11 is 2.63. The van der Waals surface area contributed by atoms with Gasteiger partial charge < -0.3 is 4.74 Å². The molecule has 0 aliphatic carbocycles. The minimum atomic E-state index is -0.173. The number of amides is 1. The molecule has 0 bridgehead atoms. The molecule has 0 atom stereocenters. The molecule has 0 saturated carbocycles. The van der Waals surface area contributed by atoms with Crippen molar-refractivity contribution >= 4 is 34.1 Å². The van der Waals surface area contributed by atoms with Crippen molar-refractivity contribution in [1.29, 1.82) is 0 Å². The van der Waals surface area contributed by atoms with Crippen LogP contribution in [0.15, 0.2) is 42.1 Å². The molecule has 1 N–H and O–H groups in total. The molecule has 0 fully saturated rings. The summed E-state index contributed by atoms with van der Waals surface area (Å²) in [6.07, 6.45) is 2.75. The van der Waals surface area contributed by atoms with Crippen LogP contribution in [0.4, 0.5) is 5.13 Å². The van der Waals surface area contributed by atoms with Gasteiger partial charge in [0.1, 0.15) is 17.4 Å². The van der Waals surface area contributed by atoms with Crippen molar-refractivity contribution in [3.05, 3.63) is 53.3 Å². The predicted molar refractivity (Wildman–Crippen MR) is 114 cm³/mol. The summed E-state index contributed by atoms with van der Waals surface area (Å²) in [6.45, 7) is 8.55. The first-order chi connectivity index (χ1) is 14.1. The molecule has 2 aromatic heterocycles. The molecule has 0 unspecified atom stereocenters. The molecule has 1 amide bonds. The number of thioether (sulfide) groups is 1. The quantitative estimate of drug-likeness (QED) is 0.388. The van der Waals surface area contributed by atoms with Crippen LogP contribution in [0, 0.1) is 6.92 Å². The maximum absolute atomic E-state index is 12.1. The van der Waals surface area contributed by atoms with Crippen LogP contribution in [-0.2, 0) is 24.4 Å². The fourth-order valence-corrected chi connectivity index (χ4v) is 3.82. The molecule has 3 rings (SSSR count). The number of allylic oxidation sites excluding steroid dienone is 1. The fraction of sp³-hybridized carbons (Fsp3) is 0.316. The van der Waals surface area contributed by atoms with Crippen LogP contribution in [0.2, 0.25) is 0 Å². The Bertz CT molecular complexity index is 967. The van der Waals surface area contributed by atoms with Crippen molar-refractivity contribution < 1.29 is 9.53 Å². The molecule has 29 heavy (non-hydrogen) atoms. The van der Waals surface area contributed by atoms with Crippen molar-refractivity contribution in [2.75, 3.05) is 11.1 Å². The molecule has 8 nitrogen and oxygen atoms in total. The number of nitrogens with zero attached hydrogens (tertiary/aromatic N) is 5. The minimum absolute atomic E-state index is 0.173. The lowest BCUT2D eigenvalue weighted by Gasteiger charge is -2.09. The minimum Gasteiger partial charge on any atom is -0.486 e. The van der Waals surface area contributed by atoms with E-state index < -0.39 is 0 Å². The summed E-state index contributed by atoms with van der Waals surface area (Å²) in [5, 5.41) is 20.8. The Morgan fingerprint density at radius 3 is 2.72 bits per heavy atom. The van der Waals surface area contributed by atoms with Crippen LogP contribution in [0.1, 0.15) is 23.3 Å². The zero-order chi connectivity index (χ0) is 20.6. The third kappa shape index (κ3) is 5.88. The molecule has 0 radical (unpaired) electrons. The fourth-order valence-electron chi connectivity index (χ4n) is 2.45. The van der Waals surface area contributed by atoms with E-state index in [1.165, 1.54) is 28.7 Å². The van der Waals surface area contributed by atoms with E-state index in [0.29, 0.717) is 22.7 Å². The molecular formula is C19H22N6O2S2. The number of aromatic nitrogens is 5. The molecule has 152 valence electrons. The Hall–Kier alpha value is -2.72. The van der Waals surface area contributed by atoms with Gasteiger partial charge in [-0.1, -0.05) is 48.2 Å². The zero-order valence-corrected chi connectivity index (χ0v) is 17.9. The Labute approximate surface area is 177 Å². The van der Waals surface area contributed by atoms with E-state index >= 15 is 0 Å². The highest BCUT2D eigenvalue weighted by Gasteiger charge is 2.15. The van der Waals surface area contributed by atoms with Gasteiger partial charge in [0, 0.05) is 6.54 Å². The molecule has 2 heterocycles. The largest absolute Gasteiger partial charge is 0.486 e. The Kier molecular flexibility index (Phi) is 7.36. The van der Waals surface area contributed by atoms with Crippen molar-refractivity contribution in [1.82, 2.24) is 25.0 Å². The maximum Gasteiger partial charge on any atom is 0.236 e. The van der Waals surface area contributed by atoms with Crippen molar-refractivity contribution in [3.8, 4) is 5.75 Å². The van der Waals surface area contributed by atoms with Gasteiger partial charge in [0.15, 0.2) is 11.0 Å². The van der Waals surface area contributed by atoms with E-state index in [9.17, 15) is 4.79 Å². The van der Waals surface area contributed by atoms with Crippen LogP contribution in [0.25, 0.3) is 0 Å². The van der Waals surface area contributed by atoms with Gasteiger partial charge in [-0.15, -0.1) is 27.0 Å². The monoisotopic (exact) mass is 430 g/mol. The molecule has 0 aliphatic rings. The Morgan fingerprint density at radius 1 is 1.28 bits per heavy atom. The lowest BCUT2D eigenvalue weighted by atomic mass is 10.2. The molecule has 0 saturated heterocycles. The van der Waals surface area contributed by atoms with Crippen LogP contribution >= 0.6 is 23.1 Å². The predicted octanol–water partition coefficient (Wildman–Crippen LogP) is 3.50. The number of carbonyl (C=O) groups is 1. The van der Waals surface area contributed by atoms with E-state index in [-0.39, 0.29) is 18.3 Å². The second kappa shape index (κ2) is 10.2. The second-order valence-electron chi connectivity index (χ2n) is 6.05. The van der Waals surface area contributed by atoms with E-state index in [2.05, 4.69) is 39.2 Å². The average molecular weight is 431 g/mol. The first-order valence-corrected chi connectivity index (χ1v) is 10.9. The number of hydrogen-bond acceptors (Lipinski definition) is 8. The van der Waals surface area contributed by atoms with Crippen LogP contribution in [0.3, 0.4) is 0 Å². The van der Waals surface area contributed by atoms with Crippen molar-refractivity contribution in [2.24, 2.45) is 0 Å². The summed E-state index contributed by atoms with van der Waals surface area (Å²) in [5.74, 6) is 1.46. The Balaban J connectivity index is 1.59. The Morgan fingerprint density at radius 2 is 2.07 bits per heavy atom. The third-order valence-electron chi connectivity index (χ3n) is 3.91. The van der Waals surface area contributed by atoms with E-state index in [1.54, 1.807) is 6.08 Å². The number of nitrogens with one attached hydrogen (secondary N) is 1. The van der Waals surface area contributed by atoms with Gasteiger partial charge in [0.05, 0.1) is 5.75 Å². The highest BCUT2D eigenvalue weighted by Crippen LogP contribution is 2.20. The van der Waals surface area contributed by atoms with Gasteiger partial charge in [-0.3, -0.25) is 14.7 Å². The highest BCUT2D eigenvalue weighted by atomic mass is 32.2. The van der Waals surface area contributed by atoms with Gasteiger partial charge in [0.2, 0.25) is 11.0 Å². The topological polar surface area (TPSA) is 94.8 Å². The first-order valence-electron chi connectivity index (χ1n) is 9.06. The summed E-state index contributed by atoms with van der Waals surface area (Å²) in [4.78, 5) is 12.1. The summed E-state index contributed by atoms with van der Waals surface area (Å²) in [7, 11) is 0. The number of carbonyl (C=O) groups excluding carboxylic acids is 1. The van der Waals surface area contributed by atoms with Gasteiger partial charge in [-0.25, -0.2) is 0 Å². The van der Waals surface area contributed by atoms with E-state index in [0.717, 1.165) is 17.2 Å². The second-order valence-corrected chi connectivity index (χ2v) is 8.17. The number of benzene rings is 1. The lowest BCUT2D eigenvalue weighted by molar-refractivity contribution is -0.113. The first kappa shape index (κ1) is 21.0. The van der Waals surface area contributed by atoms with Crippen molar-refractivity contribution in [2.45, 2.75) is 38.6 Å². The molecule has 10 heteroatoms. The number of ether oxygens (including phenoxy) is 1. The van der Waals surface area contributed by atoms with E-state index in [1.807, 2.05) is 35.8 Å². The molecular weight excluding hydrogens is 408 g/mol. The molecule has 0 aliphatic heterocycles. The van der Waals surface area contributed by atoms with Gasteiger partial charge in [-0.05, 0) is 31.0 Å². The maximum atomic E-state index is 12.1. The highest BCUT2D eigenvalue weighted by molar-refractivity contribution is 7.99. The lowest BCUT2D eigenvalue weighted by Crippen LogP contribution is -2.15. The van der Waals surface area contributed by atoms with Gasteiger partial charge in [-0.2, -0.15) is 0 Å². The number of aryl methyl sites for hydroxylation is 2. The average Bonchev–Trinajstić information content (AvgIpc) is 3.31. The summed E-state index contributed by atoms with van der Waals surface area (Å²) < 4.78 is 7.73. The van der Waals surface area contributed by atoms with Crippen LogP contribution in [-0.4, -0.2) is 36.6 Å². The SMILES string of the molecule is C=CCn1c(COc2ccc(CC)cc2)nnc1SCC(=O)Nc1nnc(C)s1. The molecule has 1 aromatic carbocycles. The molecule has 0 spiro atoms. The number of anilines is 1. The van der Waals surface area contributed by atoms with Gasteiger partial charge in [0.25, 0.3) is 0 Å². The zero-order valence-electron chi connectivity index (χ0n) is 16.3. The van der Waals surface area contributed by atoms with Crippen LogP contribution in [0.5, 0.6) is 5.75 Å². The van der Waals surface area contributed by atoms with Crippen LogP contribution < -0.4 is 10.1 Å². The normalized spacial score (nSPS) is 10.7. The van der Waals surface area contributed by atoms with Crippen molar-refractivity contribution in [3.63, 3.8) is 0 Å². The molecule has 3 aromatic rings. The summed E-state index contributed by atoms with van der Waals surface area (Å²) in [6, 6.07) is 7.98. The number of hydrogen-bond donors (Lipinski definition) is 1. The van der Waals surface area contributed by atoms with Gasteiger partial charge >= 0.3 is 0 Å². The number of rotatable bonds is 10.